The lowest BCUT2D eigenvalue weighted by atomic mass is 10.2. The van der Waals surface area contributed by atoms with Crippen molar-refractivity contribution in [2.75, 3.05) is 6.16 Å². The Morgan fingerprint density at radius 2 is 1.33 bits per heavy atom. The monoisotopic (exact) mass is 214 g/mol. The van der Waals surface area contributed by atoms with E-state index in [0.717, 1.165) is 8.58 Å². The largest absolute Gasteiger partial charge is 0.0901 e. The lowest BCUT2D eigenvalue weighted by Crippen LogP contribution is -1.95. The fourth-order valence-corrected chi connectivity index (χ4v) is 2.68. The van der Waals surface area contributed by atoms with Crippen LogP contribution in [0.4, 0.5) is 0 Å². The average Bonchev–Trinajstić information content (AvgIpc) is 2.32. The zero-order valence-electron chi connectivity index (χ0n) is 8.69. The van der Waals surface area contributed by atoms with E-state index in [4.69, 9.17) is 0 Å². The summed E-state index contributed by atoms with van der Waals surface area (Å²) in [5, 5.41) is 1.47. The molecule has 15 heavy (non-hydrogen) atoms. The zero-order valence-corrected chi connectivity index (χ0v) is 9.69. The molecular weight excluding hydrogens is 199 g/mol. The van der Waals surface area contributed by atoms with E-state index in [1.807, 2.05) is 0 Å². The molecule has 0 aromatic heterocycles. The average molecular weight is 214 g/mol. The van der Waals surface area contributed by atoms with E-state index < -0.39 is 0 Å². The third-order valence-corrected chi connectivity index (χ3v) is 3.60. The molecule has 2 aromatic carbocycles. The maximum atomic E-state index is 2.21. The molecule has 76 valence electrons. The normalized spacial score (nSPS) is 10.9. The summed E-state index contributed by atoms with van der Waals surface area (Å²) in [6, 6.07) is 21.4. The van der Waals surface area contributed by atoms with Gasteiger partial charge in [-0.05, 0) is 23.5 Å². The summed E-state index contributed by atoms with van der Waals surface area (Å²) in [4.78, 5) is 0. The van der Waals surface area contributed by atoms with Gasteiger partial charge in [-0.3, -0.25) is 0 Å². The highest BCUT2D eigenvalue weighted by molar-refractivity contribution is 7.47. The molecule has 0 nitrogen and oxygen atoms in total. The van der Waals surface area contributed by atoms with Crippen LogP contribution in [-0.4, -0.2) is 6.16 Å². The first kappa shape index (κ1) is 10.4. The molecule has 0 aliphatic heterocycles. The predicted octanol–water partition coefficient (Wildman–Crippen LogP) is 3.23. The summed E-state index contributed by atoms with van der Waals surface area (Å²) < 4.78 is 0. The van der Waals surface area contributed by atoms with Crippen LogP contribution in [0, 0.1) is 0 Å². The minimum absolute atomic E-state index is 0.930. The van der Waals surface area contributed by atoms with Crippen molar-refractivity contribution in [2.45, 2.75) is 6.42 Å². The molecule has 1 unspecified atom stereocenters. The third-order valence-electron chi connectivity index (χ3n) is 2.36. The molecule has 0 bridgehead atoms. The van der Waals surface area contributed by atoms with Crippen LogP contribution in [0.2, 0.25) is 0 Å². The Hall–Kier alpha value is -1.13. The molecule has 2 aromatic rings. The summed E-state index contributed by atoms with van der Waals surface area (Å²) in [7, 11) is 0.930. The van der Waals surface area contributed by atoms with Gasteiger partial charge < -0.3 is 0 Å². The van der Waals surface area contributed by atoms with Crippen LogP contribution in [0.1, 0.15) is 5.56 Å². The molecule has 0 aliphatic carbocycles. The molecule has 0 aliphatic rings. The van der Waals surface area contributed by atoms with Crippen LogP contribution < -0.4 is 5.30 Å². The molecular formula is C14H15P. The van der Waals surface area contributed by atoms with E-state index in [-0.39, 0.29) is 0 Å². The van der Waals surface area contributed by atoms with Crippen LogP contribution in [0.25, 0.3) is 0 Å². The first-order valence-electron chi connectivity index (χ1n) is 5.28. The Kier molecular flexibility index (Phi) is 3.93. The number of hydrogen-bond donors (Lipinski definition) is 0. The number of aryl methyl sites for hydroxylation is 1. The number of hydrogen-bond acceptors (Lipinski definition) is 0. The summed E-state index contributed by atoms with van der Waals surface area (Å²) in [6.07, 6.45) is 2.45. The van der Waals surface area contributed by atoms with Crippen LogP contribution in [0.5, 0.6) is 0 Å². The SMILES string of the molecule is c1ccc(CCPc2ccccc2)cc1. The molecule has 0 saturated heterocycles. The first-order chi connectivity index (χ1) is 7.45. The van der Waals surface area contributed by atoms with Gasteiger partial charge in [-0.1, -0.05) is 69.2 Å². The van der Waals surface area contributed by atoms with Crippen LogP contribution >= 0.6 is 8.58 Å². The zero-order chi connectivity index (χ0) is 10.3. The maximum absolute atomic E-state index is 2.21. The van der Waals surface area contributed by atoms with Gasteiger partial charge in [0.15, 0.2) is 0 Å². The van der Waals surface area contributed by atoms with Crippen molar-refractivity contribution in [1.29, 1.82) is 0 Å². The highest BCUT2D eigenvalue weighted by Gasteiger charge is 1.93. The van der Waals surface area contributed by atoms with E-state index in [1.54, 1.807) is 0 Å². The van der Waals surface area contributed by atoms with Crippen LogP contribution in [0.3, 0.4) is 0 Å². The van der Waals surface area contributed by atoms with Gasteiger partial charge in [0.1, 0.15) is 0 Å². The molecule has 0 amide bonds. The molecule has 2 rings (SSSR count). The predicted molar refractivity (Wildman–Crippen MR) is 69.4 cm³/mol. The molecule has 1 heteroatoms. The second kappa shape index (κ2) is 5.68. The third kappa shape index (κ3) is 3.49. The fraction of sp³-hybridized carbons (Fsp3) is 0.143. The van der Waals surface area contributed by atoms with Gasteiger partial charge in [0.2, 0.25) is 0 Å². The standard InChI is InChI=1S/C14H15P/c1-3-7-13(8-4-1)11-12-15-14-9-5-2-6-10-14/h1-10,15H,11-12H2. The van der Waals surface area contributed by atoms with E-state index in [9.17, 15) is 0 Å². The highest BCUT2D eigenvalue weighted by Crippen LogP contribution is 2.12. The lowest BCUT2D eigenvalue weighted by molar-refractivity contribution is 1.16. The fourth-order valence-electron chi connectivity index (χ4n) is 1.55. The summed E-state index contributed by atoms with van der Waals surface area (Å²) >= 11 is 0. The molecule has 0 heterocycles. The Morgan fingerprint density at radius 1 is 0.733 bits per heavy atom. The second-order valence-electron chi connectivity index (χ2n) is 3.53. The van der Waals surface area contributed by atoms with Gasteiger partial charge in [-0.25, -0.2) is 0 Å². The van der Waals surface area contributed by atoms with Crippen molar-refractivity contribution in [1.82, 2.24) is 0 Å². The van der Waals surface area contributed by atoms with Gasteiger partial charge in [0, 0.05) is 0 Å². The summed E-state index contributed by atoms with van der Waals surface area (Å²) in [5.74, 6) is 0. The summed E-state index contributed by atoms with van der Waals surface area (Å²) in [5.41, 5.74) is 1.45. The maximum Gasteiger partial charge on any atom is -0.0239 e. The molecule has 0 fully saturated rings. The minimum atomic E-state index is 0.930. The van der Waals surface area contributed by atoms with E-state index in [2.05, 4.69) is 60.7 Å². The van der Waals surface area contributed by atoms with Crippen LogP contribution in [-0.2, 0) is 6.42 Å². The lowest BCUT2D eigenvalue weighted by Gasteiger charge is -2.01. The Morgan fingerprint density at radius 3 is 2.00 bits per heavy atom. The topological polar surface area (TPSA) is 0 Å². The van der Waals surface area contributed by atoms with Crippen molar-refractivity contribution in [3.8, 4) is 0 Å². The molecule has 0 saturated carbocycles. The van der Waals surface area contributed by atoms with E-state index in [0.29, 0.717) is 0 Å². The highest BCUT2D eigenvalue weighted by atomic mass is 31.1. The quantitative estimate of drug-likeness (QED) is 0.685. The minimum Gasteiger partial charge on any atom is -0.0901 e. The van der Waals surface area contributed by atoms with Crippen molar-refractivity contribution in [2.24, 2.45) is 0 Å². The van der Waals surface area contributed by atoms with Gasteiger partial charge in [-0.15, -0.1) is 0 Å². The van der Waals surface area contributed by atoms with Crippen molar-refractivity contribution >= 4 is 13.9 Å². The first-order valence-corrected chi connectivity index (χ1v) is 6.49. The number of benzene rings is 2. The Bertz CT molecular complexity index is 341. The Labute approximate surface area is 93.1 Å². The van der Waals surface area contributed by atoms with Gasteiger partial charge >= 0.3 is 0 Å². The van der Waals surface area contributed by atoms with Crippen molar-refractivity contribution < 1.29 is 0 Å². The molecule has 1 atom stereocenters. The molecule has 0 N–H and O–H groups in total. The molecule has 0 radical (unpaired) electrons. The van der Waals surface area contributed by atoms with E-state index in [1.165, 1.54) is 23.5 Å². The molecule has 0 spiro atoms. The smallest absolute Gasteiger partial charge is 0.0239 e. The van der Waals surface area contributed by atoms with Gasteiger partial charge in [0.25, 0.3) is 0 Å². The van der Waals surface area contributed by atoms with Crippen molar-refractivity contribution in [3.05, 3.63) is 66.2 Å². The second-order valence-corrected chi connectivity index (χ2v) is 4.96. The van der Waals surface area contributed by atoms with Crippen molar-refractivity contribution in [3.63, 3.8) is 0 Å². The van der Waals surface area contributed by atoms with Gasteiger partial charge in [0.05, 0.1) is 0 Å². The Balaban J connectivity index is 1.81. The van der Waals surface area contributed by atoms with E-state index >= 15 is 0 Å². The van der Waals surface area contributed by atoms with Gasteiger partial charge in [-0.2, -0.15) is 0 Å². The number of rotatable bonds is 4. The van der Waals surface area contributed by atoms with Crippen LogP contribution in [0.15, 0.2) is 60.7 Å². The summed E-state index contributed by atoms with van der Waals surface area (Å²) in [6.45, 7) is 0.